The molecular formula is C14H17BrN2O3S. The molecule has 0 spiro atoms. The van der Waals surface area contributed by atoms with Gasteiger partial charge in [-0.25, -0.2) is 8.42 Å². The molecule has 0 aliphatic carbocycles. The fourth-order valence-electron chi connectivity index (χ4n) is 2.21. The number of carbonyl (C=O) groups is 1. The third kappa shape index (κ3) is 2.85. The number of halogens is 1. The van der Waals surface area contributed by atoms with Gasteiger partial charge in [0.05, 0.1) is 5.69 Å². The highest BCUT2D eigenvalue weighted by atomic mass is 79.9. The van der Waals surface area contributed by atoms with Crippen LogP contribution in [-0.2, 0) is 10.0 Å². The first-order chi connectivity index (χ1) is 9.78. The molecule has 1 aliphatic rings. The molecule has 1 heterocycles. The second kappa shape index (κ2) is 5.81. The Morgan fingerprint density at radius 3 is 2.57 bits per heavy atom. The third-order valence-electron chi connectivity index (χ3n) is 3.07. The zero-order valence-electron chi connectivity index (χ0n) is 12.1. The molecule has 0 atom stereocenters. The summed E-state index contributed by atoms with van der Waals surface area (Å²) >= 11 is 3.33. The van der Waals surface area contributed by atoms with E-state index in [4.69, 9.17) is 0 Å². The number of sulfonamides is 1. The second-order valence-electron chi connectivity index (χ2n) is 5.02. The van der Waals surface area contributed by atoms with E-state index in [0.717, 1.165) is 4.47 Å². The van der Waals surface area contributed by atoms with Crippen molar-refractivity contribution in [1.29, 1.82) is 0 Å². The number of carbonyl (C=O) groups excluding carboxylic acids is 1. The van der Waals surface area contributed by atoms with Gasteiger partial charge < -0.3 is 4.90 Å². The first-order valence-corrected chi connectivity index (χ1v) is 8.77. The number of anilines is 1. The van der Waals surface area contributed by atoms with Crippen LogP contribution in [0.25, 0.3) is 0 Å². The number of ketones is 1. The van der Waals surface area contributed by atoms with E-state index in [1.54, 1.807) is 37.2 Å². The topological polar surface area (TPSA) is 57.7 Å². The molecule has 114 valence electrons. The molecule has 7 heteroatoms. The van der Waals surface area contributed by atoms with Crippen molar-refractivity contribution in [3.63, 3.8) is 0 Å². The van der Waals surface area contributed by atoms with Gasteiger partial charge in [0.2, 0.25) is 5.78 Å². The van der Waals surface area contributed by atoms with Crippen molar-refractivity contribution in [3.05, 3.63) is 39.3 Å². The summed E-state index contributed by atoms with van der Waals surface area (Å²) in [5.74, 6) is -0.465. The van der Waals surface area contributed by atoms with Gasteiger partial charge in [-0.1, -0.05) is 22.9 Å². The van der Waals surface area contributed by atoms with Crippen LogP contribution in [0.3, 0.4) is 0 Å². The Morgan fingerprint density at radius 1 is 1.33 bits per heavy atom. The lowest BCUT2D eigenvalue weighted by Crippen LogP contribution is -2.40. The Bertz CT molecular complexity index is 711. The van der Waals surface area contributed by atoms with Crippen molar-refractivity contribution in [2.45, 2.75) is 13.3 Å². The Balaban J connectivity index is 2.74. The summed E-state index contributed by atoms with van der Waals surface area (Å²) in [6.45, 7) is 2.24. The largest absolute Gasteiger partial charge is 0.382 e. The van der Waals surface area contributed by atoms with E-state index < -0.39 is 15.8 Å². The molecule has 1 aliphatic heterocycles. The van der Waals surface area contributed by atoms with Crippen LogP contribution in [0.15, 0.2) is 33.8 Å². The number of fused-ring (bicyclic) bond motifs is 1. The summed E-state index contributed by atoms with van der Waals surface area (Å²) < 4.78 is 27.4. The molecule has 0 bridgehead atoms. The molecule has 0 fully saturated rings. The summed E-state index contributed by atoms with van der Waals surface area (Å²) in [5, 5.41) is 0. The van der Waals surface area contributed by atoms with E-state index in [2.05, 4.69) is 15.9 Å². The van der Waals surface area contributed by atoms with Gasteiger partial charge in [0, 0.05) is 36.9 Å². The molecular weight excluding hydrogens is 356 g/mol. The molecule has 5 nitrogen and oxygen atoms in total. The molecule has 1 aromatic carbocycles. The van der Waals surface area contributed by atoms with Crippen LogP contribution in [0.4, 0.5) is 5.69 Å². The monoisotopic (exact) mass is 372 g/mol. The first-order valence-electron chi connectivity index (χ1n) is 6.54. The van der Waals surface area contributed by atoms with E-state index in [0.29, 0.717) is 24.2 Å². The fourth-order valence-corrected chi connectivity index (χ4v) is 4.34. The fraction of sp³-hybridized carbons (Fsp3) is 0.357. The minimum absolute atomic E-state index is 0.188. The smallest absolute Gasteiger partial charge is 0.269 e. The van der Waals surface area contributed by atoms with E-state index >= 15 is 0 Å². The molecule has 0 saturated carbocycles. The number of hydrogen-bond acceptors (Lipinski definition) is 4. The standard InChI is InChI=1S/C14H17BrN2O3S/c1-4-7-17-12-6-5-10(15)8-11(12)14(18)13(9-16(2)3)21(17,19)20/h5-6,8-9H,4,7H2,1-3H3/b13-9-. The molecule has 0 aromatic heterocycles. The van der Waals surface area contributed by atoms with Crippen LogP contribution in [0.5, 0.6) is 0 Å². The van der Waals surface area contributed by atoms with Crippen molar-refractivity contribution in [2.75, 3.05) is 24.9 Å². The molecule has 0 N–H and O–H groups in total. The predicted octanol–water partition coefficient (Wildman–Crippen LogP) is 2.59. The van der Waals surface area contributed by atoms with Crippen LogP contribution in [0.1, 0.15) is 23.7 Å². The maximum Gasteiger partial charge on any atom is 0.269 e. The Labute approximate surface area is 133 Å². The minimum Gasteiger partial charge on any atom is -0.382 e. The SMILES string of the molecule is CCCN1c2ccc(Br)cc2C(=O)/C(=C/N(C)C)S1(=O)=O. The zero-order valence-corrected chi connectivity index (χ0v) is 14.5. The highest BCUT2D eigenvalue weighted by Crippen LogP contribution is 2.36. The zero-order chi connectivity index (χ0) is 15.8. The predicted molar refractivity (Wildman–Crippen MR) is 86.8 cm³/mol. The summed E-state index contributed by atoms with van der Waals surface area (Å²) in [7, 11) is -0.427. The molecule has 21 heavy (non-hydrogen) atoms. The first kappa shape index (κ1) is 16.0. The van der Waals surface area contributed by atoms with Crippen molar-refractivity contribution in [3.8, 4) is 0 Å². The maximum absolute atomic E-state index is 12.7. The summed E-state index contributed by atoms with van der Waals surface area (Å²) in [6, 6.07) is 5.07. The van der Waals surface area contributed by atoms with Crippen LogP contribution < -0.4 is 4.31 Å². The van der Waals surface area contributed by atoms with Gasteiger partial charge in [0.25, 0.3) is 10.0 Å². The second-order valence-corrected chi connectivity index (χ2v) is 7.77. The number of allylic oxidation sites excluding steroid dienone is 1. The van der Waals surface area contributed by atoms with Gasteiger partial charge in [0.1, 0.15) is 0 Å². The Kier molecular flexibility index (Phi) is 4.43. The highest BCUT2D eigenvalue weighted by molar-refractivity contribution is 9.10. The number of Topliss-reactive ketones (excluding diaryl/α,β-unsaturated/α-hetero) is 1. The maximum atomic E-state index is 12.7. The van der Waals surface area contributed by atoms with E-state index in [1.165, 1.54) is 10.5 Å². The Hall–Kier alpha value is -1.34. The van der Waals surface area contributed by atoms with Gasteiger partial charge >= 0.3 is 0 Å². The van der Waals surface area contributed by atoms with Crippen molar-refractivity contribution in [2.24, 2.45) is 0 Å². The van der Waals surface area contributed by atoms with Crippen molar-refractivity contribution >= 4 is 37.4 Å². The number of nitrogens with zero attached hydrogens (tertiary/aromatic N) is 2. The van der Waals surface area contributed by atoms with Crippen LogP contribution in [-0.4, -0.2) is 39.7 Å². The van der Waals surface area contributed by atoms with Gasteiger partial charge in [-0.2, -0.15) is 0 Å². The molecule has 0 unspecified atom stereocenters. The summed E-state index contributed by atoms with van der Waals surface area (Å²) in [5.41, 5.74) is 0.849. The number of rotatable bonds is 3. The van der Waals surface area contributed by atoms with E-state index in [9.17, 15) is 13.2 Å². The van der Waals surface area contributed by atoms with Gasteiger partial charge in [-0.05, 0) is 24.6 Å². The van der Waals surface area contributed by atoms with Crippen LogP contribution in [0.2, 0.25) is 0 Å². The van der Waals surface area contributed by atoms with Crippen molar-refractivity contribution in [1.82, 2.24) is 4.90 Å². The lowest BCUT2D eigenvalue weighted by Gasteiger charge is -2.31. The normalized spacial score (nSPS) is 18.8. The molecule has 2 rings (SSSR count). The highest BCUT2D eigenvalue weighted by Gasteiger charge is 2.39. The number of hydrogen-bond donors (Lipinski definition) is 0. The molecule has 0 saturated heterocycles. The lowest BCUT2D eigenvalue weighted by molar-refractivity contribution is 0.104. The third-order valence-corrected chi connectivity index (χ3v) is 5.37. The average Bonchev–Trinajstić information content (AvgIpc) is 2.40. The average molecular weight is 373 g/mol. The van der Waals surface area contributed by atoms with Crippen molar-refractivity contribution < 1.29 is 13.2 Å². The van der Waals surface area contributed by atoms with Crippen LogP contribution >= 0.6 is 15.9 Å². The van der Waals surface area contributed by atoms with E-state index in [-0.39, 0.29) is 4.91 Å². The van der Waals surface area contributed by atoms with E-state index in [1.807, 2.05) is 6.92 Å². The Morgan fingerprint density at radius 2 is 2.00 bits per heavy atom. The van der Waals surface area contributed by atoms with Crippen LogP contribution in [0, 0.1) is 0 Å². The summed E-state index contributed by atoms with van der Waals surface area (Å²) in [4.78, 5) is 13.9. The lowest BCUT2D eigenvalue weighted by atomic mass is 10.1. The summed E-state index contributed by atoms with van der Waals surface area (Å²) in [6.07, 6.45) is 2.03. The minimum atomic E-state index is -3.81. The van der Waals surface area contributed by atoms with Gasteiger partial charge in [0.15, 0.2) is 4.91 Å². The van der Waals surface area contributed by atoms with Gasteiger partial charge in [-0.15, -0.1) is 0 Å². The number of benzene rings is 1. The molecule has 0 amide bonds. The molecule has 1 aromatic rings. The van der Waals surface area contributed by atoms with Gasteiger partial charge in [-0.3, -0.25) is 9.10 Å². The quantitative estimate of drug-likeness (QED) is 0.765. The molecule has 0 radical (unpaired) electrons.